The van der Waals surface area contributed by atoms with E-state index in [4.69, 9.17) is 9.47 Å². The number of nitrogens with one attached hydrogen (secondary N) is 1. The Hall–Kier alpha value is -0.160. The maximum atomic E-state index is 5.44. The maximum absolute atomic E-state index is 5.44. The summed E-state index contributed by atoms with van der Waals surface area (Å²) in [6.07, 6.45) is 0. The lowest BCUT2D eigenvalue weighted by atomic mass is 10.0. The third kappa shape index (κ3) is 9.83. The summed E-state index contributed by atoms with van der Waals surface area (Å²) in [5.74, 6) is 0. The number of likely N-dealkylation sites (N-methyl/N-ethyl adjacent to an activating group) is 1. The highest BCUT2D eigenvalue weighted by molar-refractivity contribution is 4.81. The van der Waals surface area contributed by atoms with Crippen LogP contribution in [-0.2, 0) is 9.47 Å². The van der Waals surface area contributed by atoms with Crippen molar-refractivity contribution in [3.05, 3.63) is 0 Å². The summed E-state index contributed by atoms with van der Waals surface area (Å²) in [4.78, 5) is 2.41. The predicted octanol–water partition coefficient (Wildman–Crippen LogP) is 1.75. The standard InChI is InChI=1S/C14H32N2O2/c1-6-15-14(4,5)13-16(9-11-17-7-2)10-12-18-8-3/h15H,6-13H2,1-5H3. The van der Waals surface area contributed by atoms with Gasteiger partial charge in [-0.1, -0.05) is 6.92 Å². The molecule has 0 saturated carbocycles. The molecule has 0 bridgehead atoms. The van der Waals surface area contributed by atoms with Gasteiger partial charge < -0.3 is 14.8 Å². The smallest absolute Gasteiger partial charge is 0.0593 e. The molecule has 0 aliphatic rings. The summed E-state index contributed by atoms with van der Waals surface area (Å²) in [5, 5.41) is 3.51. The number of rotatable bonds is 12. The van der Waals surface area contributed by atoms with E-state index in [1.165, 1.54) is 0 Å². The van der Waals surface area contributed by atoms with Gasteiger partial charge in [-0.2, -0.15) is 0 Å². The zero-order valence-electron chi connectivity index (χ0n) is 12.9. The molecule has 0 aliphatic carbocycles. The van der Waals surface area contributed by atoms with E-state index in [0.29, 0.717) is 0 Å². The topological polar surface area (TPSA) is 33.7 Å². The molecule has 18 heavy (non-hydrogen) atoms. The maximum Gasteiger partial charge on any atom is 0.0593 e. The fourth-order valence-electron chi connectivity index (χ4n) is 2.04. The van der Waals surface area contributed by atoms with Crippen LogP contribution in [0, 0.1) is 0 Å². The van der Waals surface area contributed by atoms with E-state index in [1.807, 2.05) is 13.8 Å². The molecule has 110 valence electrons. The van der Waals surface area contributed by atoms with E-state index < -0.39 is 0 Å². The van der Waals surface area contributed by atoms with Crippen molar-refractivity contribution < 1.29 is 9.47 Å². The first-order chi connectivity index (χ1) is 8.55. The van der Waals surface area contributed by atoms with Crippen molar-refractivity contribution in [3.63, 3.8) is 0 Å². The Morgan fingerprint density at radius 2 is 1.44 bits per heavy atom. The summed E-state index contributed by atoms with van der Waals surface area (Å²) in [6.45, 7) is 17.8. The van der Waals surface area contributed by atoms with Gasteiger partial charge in [-0.25, -0.2) is 0 Å². The summed E-state index contributed by atoms with van der Waals surface area (Å²) in [6, 6.07) is 0. The highest BCUT2D eigenvalue weighted by Gasteiger charge is 2.20. The van der Waals surface area contributed by atoms with Crippen LogP contribution < -0.4 is 5.32 Å². The highest BCUT2D eigenvalue weighted by Crippen LogP contribution is 2.05. The molecule has 1 N–H and O–H groups in total. The van der Waals surface area contributed by atoms with Crippen molar-refractivity contribution in [3.8, 4) is 0 Å². The van der Waals surface area contributed by atoms with Crippen LogP contribution in [0.1, 0.15) is 34.6 Å². The van der Waals surface area contributed by atoms with Crippen LogP contribution in [0.4, 0.5) is 0 Å². The van der Waals surface area contributed by atoms with Crippen molar-refractivity contribution in [2.24, 2.45) is 0 Å². The van der Waals surface area contributed by atoms with Crippen LogP contribution in [0.15, 0.2) is 0 Å². The van der Waals surface area contributed by atoms with E-state index in [-0.39, 0.29) is 5.54 Å². The van der Waals surface area contributed by atoms with Crippen molar-refractivity contribution in [2.75, 3.05) is 52.6 Å². The lowest BCUT2D eigenvalue weighted by molar-refractivity contribution is 0.0716. The number of hydrogen-bond acceptors (Lipinski definition) is 4. The lowest BCUT2D eigenvalue weighted by Gasteiger charge is -2.33. The van der Waals surface area contributed by atoms with Gasteiger partial charge in [0.05, 0.1) is 13.2 Å². The molecule has 0 fully saturated rings. The number of nitrogens with zero attached hydrogens (tertiary/aromatic N) is 1. The van der Waals surface area contributed by atoms with Gasteiger partial charge in [0, 0.05) is 38.4 Å². The van der Waals surface area contributed by atoms with Crippen LogP contribution in [0.2, 0.25) is 0 Å². The molecule has 0 amide bonds. The quantitative estimate of drug-likeness (QED) is 0.542. The first-order valence-electron chi connectivity index (χ1n) is 7.18. The minimum absolute atomic E-state index is 0.132. The van der Waals surface area contributed by atoms with Gasteiger partial charge in [-0.05, 0) is 34.2 Å². The van der Waals surface area contributed by atoms with E-state index in [1.54, 1.807) is 0 Å². The Kier molecular flexibility index (Phi) is 10.6. The molecule has 4 heteroatoms. The second-order valence-corrected chi connectivity index (χ2v) is 5.08. The van der Waals surface area contributed by atoms with Gasteiger partial charge in [-0.15, -0.1) is 0 Å². The molecule has 0 saturated heterocycles. The van der Waals surface area contributed by atoms with E-state index in [2.05, 4.69) is 31.0 Å². The Labute approximate surface area is 113 Å². The van der Waals surface area contributed by atoms with Gasteiger partial charge in [0.15, 0.2) is 0 Å². The van der Waals surface area contributed by atoms with Gasteiger partial charge in [0.2, 0.25) is 0 Å². The molecular formula is C14H32N2O2. The lowest BCUT2D eigenvalue weighted by Crippen LogP contribution is -2.50. The van der Waals surface area contributed by atoms with Crippen LogP contribution in [0.5, 0.6) is 0 Å². The van der Waals surface area contributed by atoms with E-state index >= 15 is 0 Å². The Balaban J connectivity index is 4.08. The van der Waals surface area contributed by atoms with Gasteiger partial charge in [0.25, 0.3) is 0 Å². The molecule has 0 heterocycles. The molecule has 0 spiro atoms. The Bertz CT molecular complexity index is 177. The average Bonchev–Trinajstić information content (AvgIpc) is 2.28. The van der Waals surface area contributed by atoms with Crippen LogP contribution in [0.3, 0.4) is 0 Å². The van der Waals surface area contributed by atoms with Crippen LogP contribution in [0.25, 0.3) is 0 Å². The molecular weight excluding hydrogens is 228 g/mol. The van der Waals surface area contributed by atoms with Gasteiger partial charge >= 0.3 is 0 Å². The first-order valence-corrected chi connectivity index (χ1v) is 7.18. The van der Waals surface area contributed by atoms with E-state index in [0.717, 1.165) is 52.6 Å². The summed E-state index contributed by atoms with van der Waals surface area (Å²) in [7, 11) is 0. The molecule has 0 atom stereocenters. The van der Waals surface area contributed by atoms with Gasteiger partial charge in [0.1, 0.15) is 0 Å². The van der Waals surface area contributed by atoms with Gasteiger partial charge in [-0.3, -0.25) is 4.90 Å². The minimum Gasteiger partial charge on any atom is -0.380 e. The molecule has 0 aliphatic heterocycles. The molecule has 0 unspecified atom stereocenters. The third-order valence-corrected chi connectivity index (χ3v) is 2.79. The van der Waals surface area contributed by atoms with Crippen molar-refractivity contribution in [1.82, 2.24) is 10.2 Å². The monoisotopic (exact) mass is 260 g/mol. The minimum atomic E-state index is 0.132. The zero-order valence-corrected chi connectivity index (χ0v) is 12.9. The van der Waals surface area contributed by atoms with E-state index in [9.17, 15) is 0 Å². The average molecular weight is 260 g/mol. The Morgan fingerprint density at radius 1 is 0.944 bits per heavy atom. The summed E-state index contributed by atoms with van der Waals surface area (Å²) in [5.41, 5.74) is 0.132. The molecule has 0 aromatic rings. The second kappa shape index (κ2) is 10.7. The fraction of sp³-hybridized carbons (Fsp3) is 1.00. The summed E-state index contributed by atoms with van der Waals surface area (Å²) >= 11 is 0. The van der Waals surface area contributed by atoms with Crippen molar-refractivity contribution in [2.45, 2.75) is 40.2 Å². The van der Waals surface area contributed by atoms with Crippen LogP contribution >= 0.6 is 0 Å². The van der Waals surface area contributed by atoms with Crippen LogP contribution in [-0.4, -0.2) is 63.0 Å². The Morgan fingerprint density at radius 3 is 1.83 bits per heavy atom. The molecule has 0 aromatic carbocycles. The molecule has 0 rings (SSSR count). The first kappa shape index (κ1) is 17.8. The number of hydrogen-bond donors (Lipinski definition) is 1. The fourth-order valence-corrected chi connectivity index (χ4v) is 2.04. The molecule has 4 nitrogen and oxygen atoms in total. The highest BCUT2D eigenvalue weighted by atomic mass is 16.5. The second-order valence-electron chi connectivity index (χ2n) is 5.08. The zero-order chi connectivity index (χ0) is 13.9. The SMILES string of the molecule is CCNC(C)(C)CN(CCOCC)CCOCC. The molecule has 0 radical (unpaired) electrons. The predicted molar refractivity (Wildman–Crippen MR) is 77.2 cm³/mol. The van der Waals surface area contributed by atoms with Crippen molar-refractivity contribution >= 4 is 0 Å². The third-order valence-electron chi connectivity index (χ3n) is 2.79. The summed E-state index contributed by atoms with van der Waals surface area (Å²) < 4.78 is 10.9. The van der Waals surface area contributed by atoms with Crippen molar-refractivity contribution in [1.29, 1.82) is 0 Å². The molecule has 0 aromatic heterocycles. The largest absolute Gasteiger partial charge is 0.380 e. The normalized spacial score (nSPS) is 12.3. The number of ether oxygens (including phenoxy) is 2.